The third-order valence-corrected chi connectivity index (χ3v) is 2.42. The standard InChI is InChI=1S/C10H20FN/c1-10(2,3)6-9(11)8-4-5-12-7-8/h8-9,12H,4-7H2,1-3H3. The topological polar surface area (TPSA) is 12.0 Å². The van der Waals surface area contributed by atoms with Crippen LogP contribution in [0.15, 0.2) is 0 Å². The highest BCUT2D eigenvalue weighted by Crippen LogP contribution is 2.28. The minimum absolute atomic E-state index is 0.127. The van der Waals surface area contributed by atoms with Crippen molar-refractivity contribution in [3.63, 3.8) is 0 Å². The molecule has 72 valence electrons. The van der Waals surface area contributed by atoms with E-state index >= 15 is 0 Å². The first-order valence-electron chi connectivity index (χ1n) is 4.84. The summed E-state index contributed by atoms with van der Waals surface area (Å²) in [6, 6.07) is 0. The summed E-state index contributed by atoms with van der Waals surface area (Å²) in [5.41, 5.74) is 0.127. The summed E-state index contributed by atoms with van der Waals surface area (Å²) in [7, 11) is 0. The molecule has 2 unspecified atom stereocenters. The van der Waals surface area contributed by atoms with Crippen LogP contribution in [0.1, 0.15) is 33.6 Å². The van der Waals surface area contributed by atoms with E-state index in [0.29, 0.717) is 6.42 Å². The van der Waals surface area contributed by atoms with E-state index in [1.807, 2.05) is 0 Å². The van der Waals surface area contributed by atoms with Gasteiger partial charge < -0.3 is 5.32 Å². The highest BCUT2D eigenvalue weighted by atomic mass is 19.1. The predicted octanol–water partition coefficient (Wildman–Crippen LogP) is 2.37. The third-order valence-electron chi connectivity index (χ3n) is 2.42. The zero-order valence-electron chi connectivity index (χ0n) is 8.36. The van der Waals surface area contributed by atoms with Crippen molar-refractivity contribution in [3.8, 4) is 0 Å². The smallest absolute Gasteiger partial charge is 0.105 e. The lowest BCUT2D eigenvalue weighted by Gasteiger charge is -2.24. The maximum atomic E-state index is 13.6. The van der Waals surface area contributed by atoms with E-state index in [1.54, 1.807) is 0 Å². The molecule has 0 spiro atoms. The van der Waals surface area contributed by atoms with Crippen molar-refractivity contribution >= 4 is 0 Å². The molecule has 1 nitrogen and oxygen atoms in total. The first-order valence-corrected chi connectivity index (χ1v) is 4.84. The zero-order chi connectivity index (χ0) is 9.19. The van der Waals surface area contributed by atoms with Crippen LogP contribution in [0.25, 0.3) is 0 Å². The predicted molar refractivity (Wildman–Crippen MR) is 49.9 cm³/mol. The van der Waals surface area contributed by atoms with Gasteiger partial charge in [0, 0.05) is 12.5 Å². The Morgan fingerprint density at radius 2 is 2.17 bits per heavy atom. The van der Waals surface area contributed by atoms with Crippen molar-refractivity contribution in [1.29, 1.82) is 0 Å². The van der Waals surface area contributed by atoms with E-state index in [4.69, 9.17) is 0 Å². The van der Waals surface area contributed by atoms with Gasteiger partial charge in [0.2, 0.25) is 0 Å². The van der Waals surface area contributed by atoms with E-state index in [1.165, 1.54) is 0 Å². The van der Waals surface area contributed by atoms with Crippen LogP contribution in [0.4, 0.5) is 4.39 Å². The Kier molecular flexibility index (Phi) is 3.10. The molecule has 1 aliphatic rings. The van der Waals surface area contributed by atoms with Gasteiger partial charge in [-0.1, -0.05) is 20.8 Å². The highest BCUT2D eigenvalue weighted by Gasteiger charge is 2.28. The second kappa shape index (κ2) is 3.73. The molecule has 2 atom stereocenters. The van der Waals surface area contributed by atoms with Crippen molar-refractivity contribution in [2.24, 2.45) is 11.3 Å². The Bertz CT molecular complexity index is 133. The summed E-state index contributed by atoms with van der Waals surface area (Å²) < 4.78 is 13.6. The second-order valence-corrected chi connectivity index (χ2v) is 5.03. The zero-order valence-corrected chi connectivity index (χ0v) is 8.36. The molecule has 1 N–H and O–H groups in total. The first-order chi connectivity index (χ1) is 5.49. The summed E-state index contributed by atoms with van der Waals surface area (Å²) in [5.74, 6) is 0.268. The molecule has 1 aliphatic heterocycles. The fraction of sp³-hybridized carbons (Fsp3) is 1.00. The molecule has 0 aliphatic carbocycles. The fourth-order valence-electron chi connectivity index (χ4n) is 1.74. The molecular weight excluding hydrogens is 153 g/mol. The van der Waals surface area contributed by atoms with Crippen LogP contribution >= 0.6 is 0 Å². The largest absolute Gasteiger partial charge is 0.316 e. The molecule has 1 saturated heterocycles. The minimum Gasteiger partial charge on any atom is -0.316 e. The Hall–Kier alpha value is -0.110. The normalized spacial score (nSPS) is 27.5. The Labute approximate surface area is 74.7 Å². The molecule has 1 fully saturated rings. The molecule has 0 aromatic heterocycles. The van der Waals surface area contributed by atoms with Gasteiger partial charge in [0.15, 0.2) is 0 Å². The van der Waals surface area contributed by atoms with E-state index in [0.717, 1.165) is 19.5 Å². The lowest BCUT2D eigenvalue weighted by molar-refractivity contribution is 0.167. The Morgan fingerprint density at radius 3 is 2.58 bits per heavy atom. The monoisotopic (exact) mass is 173 g/mol. The Balaban J connectivity index is 2.31. The fourth-order valence-corrected chi connectivity index (χ4v) is 1.74. The number of nitrogens with one attached hydrogen (secondary N) is 1. The average Bonchev–Trinajstić information content (AvgIpc) is 2.32. The summed E-state index contributed by atoms with van der Waals surface area (Å²) in [4.78, 5) is 0. The van der Waals surface area contributed by atoms with E-state index < -0.39 is 6.17 Å². The van der Waals surface area contributed by atoms with Crippen molar-refractivity contribution < 1.29 is 4.39 Å². The van der Waals surface area contributed by atoms with Gasteiger partial charge in [-0.25, -0.2) is 4.39 Å². The third kappa shape index (κ3) is 3.10. The minimum atomic E-state index is -0.611. The van der Waals surface area contributed by atoms with Crippen LogP contribution in [-0.2, 0) is 0 Å². The van der Waals surface area contributed by atoms with Crippen LogP contribution in [0.3, 0.4) is 0 Å². The van der Waals surface area contributed by atoms with Gasteiger partial charge in [-0.3, -0.25) is 0 Å². The van der Waals surface area contributed by atoms with Crippen LogP contribution in [0.5, 0.6) is 0 Å². The average molecular weight is 173 g/mol. The molecule has 2 heteroatoms. The van der Waals surface area contributed by atoms with Gasteiger partial charge in [0.05, 0.1) is 0 Å². The molecule has 0 bridgehead atoms. The van der Waals surface area contributed by atoms with Crippen molar-refractivity contribution in [2.45, 2.75) is 39.8 Å². The van der Waals surface area contributed by atoms with Crippen molar-refractivity contribution in [1.82, 2.24) is 5.32 Å². The molecular formula is C10H20FN. The van der Waals surface area contributed by atoms with Crippen LogP contribution in [0.2, 0.25) is 0 Å². The lowest BCUT2D eigenvalue weighted by atomic mass is 9.85. The quantitative estimate of drug-likeness (QED) is 0.676. The van der Waals surface area contributed by atoms with E-state index in [2.05, 4.69) is 26.1 Å². The van der Waals surface area contributed by atoms with Crippen LogP contribution < -0.4 is 5.32 Å². The van der Waals surface area contributed by atoms with Gasteiger partial charge >= 0.3 is 0 Å². The van der Waals surface area contributed by atoms with Gasteiger partial charge in [0.25, 0.3) is 0 Å². The molecule has 0 radical (unpaired) electrons. The van der Waals surface area contributed by atoms with Crippen molar-refractivity contribution in [3.05, 3.63) is 0 Å². The molecule has 1 heterocycles. The summed E-state index contributed by atoms with van der Waals surface area (Å²) in [5, 5.41) is 3.20. The Morgan fingerprint density at radius 1 is 1.50 bits per heavy atom. The maximum absolute atomic E-state index is 13.6. The first kappa shape index (κ1) is 9.97. The number of halogens is 1. The summed E-state index contributed by atoms with van der Waals surface area (Å²) in [6.45, 7) is 8.17. The molecule has 12 heavy (non-hydrogen) atoms. The van der Waals surface area contributed by atoms with Gasteiger partial charge in [0.1, 0.15) is 6.17 Å². The molecule has 0 aromatic carbocycles. The number of hydrogen-bond acceptors (Lipinski definition) is 1. The van der Waals surface area contributed by atoms with E-state index in [-0.39, 0.29) is 11.3 Å². The van der Waals surface area contributed by atoms with Crippen LogP contribution in [-0.4, -0.2) is 19.3 Å². The summed E-state index contributed by atoms with van der Waals surface area (Å²) in [6.07, 6.45) is 1.09. The van der Waals surface area contributed by atoms with Gasteiger partial charge in [-0.15, -0.1) is 0 Å². The van der Waals surface area contributed by atoms with Gasteiger partial charge in [-0.2, -0.15) is 0 Å². The van der Waals surface area contributed by atoms with Crippen LogP contribution in [0, 0.1) is 11.3 Å². The highest BCUT2D eigenvalue weighted by molar-refractivity contribution is 4.81. The molecule has 0 saturated carbocycles. The lowest BCUT2D eigenvalue weighted by Crippen LogP contribution is -2.24. The van der Waals surface area contributed by atoms with Gasteiger partial charge in [-0.05, 0) is 24.8 Å². The summed E-state index contributed by atoms with van der Waals surface area (Å²) >= 11 is 0. The van der Waals surface area contributed by atoms with E-state index in [9.17, 15) is 4.39 Å². The SMILES string of the molecule is CC(C)(C)CC(F)C1CCNC1. The number of rotatable bonds is 2. The molecule has 0 aromatic rings. The molecule has 0 amide bonds. The number of alkyl halides is 1. The molecule has 1 rings (SSSR count). The second-order valence-electron chi connectivity index (χ2n) is 5.03. The number of hydrogen-bond donors (Lipinski definition) is 1. The maximum Gasteiger partial charge on any atom is 0.105 e. The van der Waals surface area contributed by atoms with Crippen molar-refractivity contribution in [2.75, 3.05) is 13.1 Å².